The zero-order valence-electron chi connectivity index (χ0n) is 10.8. The fraction of sp³-hybridized carbons (Fsp3) is 0.615. The molecule has 1 aromatic heterocycles. The molecule has 1 atom stereocenters. The summed E-state index contributed by atoms with van der Waals surface area (Å²) in [6.07, 6.45) is 3.75. The van der Waals surface area contributed by atoms with Crippen LogP contribution in [0.5, 0.6) is 0 Å². The van der Waals surface area contributed by atoms with E-state index in [1.165, 1.54) is 0 Å². The number of ether oxygens (including phenoxy) is 1. The van der Waals surface area contributed by atoms with Gasteiger partial charge in [0, 0.05) is 30.1 Å². The molecule has 1 aliphatic heterocycles. The van der Waals surface area contributed by atoms with Gasteiger partial charge in [-0.05, 0) is 33.8 Å². The molecule has 4 nitrogen and oxygen atoms in total. The summed E-state index contributed by atoms with van der Waals surface area (Å²) in [6, 6.07) is 1.70. The van der Waals surface area contributed by atoms with Crippen LogP contribution in [0.3, 0.4) is 0 Å². The molecule has 0 amide bonds. The van der Waals surface area contributed by atoms with Gasteiger partial charge in [0.1, 0.15) is 5.60 Å². The van der Waals surface area contributed by atoms with Gasteiger partial charge in [-0.25, -0.2) is 0 Å². The molecule has 1 unspecified atom stereocenters. The average molecular weight is 236 g/mol. The molecule has 17 heavy (non-hydrogen) atoms. The minimum Gasteiger partial charge on any atom is -0.398 e. The molecule has 3 N–H and O–H groups in total. The Morgan fingerprint density at radius 2 is 2.00 bits per heavy atom. The Morgan fingerprint density at radius 1 is 1.35 bits per heavy atom. The van der Waals surface area contributed by atoms with Crippen LogP contribution >= 0.6 is 0 Å². The number of nitrogens with zero attached hydrogens (tertiary/aromatic N) is 1. The maximum atomic E-state index is 11.0. The van der Waals surface area contributed by atoms with Crippen LogP contribution in [0.25, 0.3) is 0 Å². The fourth-order valence-electron chi connectivity index (χ4n) is 2.81. The summed E-state index contributed by atoms with van der Waals surface area (Å²) in [7, 11) is 0. The molecule has 0 spiro atoms. The Morgan fingerprint density at radius 3 is 2.47 bits per heavy atom. The minimum absolute atomic E-state index is 0.374. The van der Waals surface area contributed by atoms with Crippen LogP contribution in [0, 0.1) is 0 Å². The second-order valence-electron chi connectivity index (χ2n) is 5.87. The van der Waals surface area contributed by atoms with Gasteiger partial charge in [0.15, 0.2) is 0 Å². The van der Waals surface area contributed by atoms with Crippen LogP contribution in [-0.2, 0) is 10.3 Å². The third-order valence-corrected chi connectivity index (χ3v) is 3.51. The Hall–Kier alpha value is -1.13. The molecule has 1 saturated heterocycles. The van der Waals surface area contributed by atoms with Gasteiger partial charge in [-0.1, -0.05) is 0 Å². The molecular weight excluding hydrogens is 216 g/mol. The van der Waals surface area contributed by atoms with Gasteiger partial charge in [-0.2, -0.15) is 0 Å². The number of nitrogens with two attached hydrogens (primary N) is 1. The molecule has 2 rings (SSSR count). The van der Waals surface area contributed by atoms with Crippen LogP contribution in [0.1, 0.15) is 39.7 Å². The first-order valence-electron chi connectivity index (χ1n) is 5.80. The highest BCUT2D eigenvalue weighted by atomic mass is 16.5. The van der Waals surface area contributed by atoms with E-state index in [0.29, 0.717) is 17.7 Å². The average Bonchev–Trinajstić information content (AvgIpc) is 2.31. The first-order chi connectivity index (χ1) is 7.68. The molecule has 1 fully saturated rings. The number of anilines is 1. The summed E-state index contributed by atoms with van der Waals surface area (Å²) in [5.74, 6) is 0. The number of nitrogen functional groups attached to an aromatic ring is 1. The van der Waals surface area contributed by atoms with Crippen molar-refractivity contribution in [3.05, 3.63) is 24.0 Å². The van der Waals surface area contributed by atoms with Gasteiger partial charge in [-0.3, -0.25) is 4.98 Å². The predicted octanol–water partition coefficient (Wildman–Crippen LogP) is 1.83. The van der Waals surface area contributed by atoms with Gasteiger partial charge in [0.05, 0.1) is 11.2 Å². The minimum atomic E-state index is -1.10. The van der Waals surface area contributed by atoms with E-state index in [4.69, 9.17) is 10.5 Å². The lowest BCUT2D eigenvalue weighted by molar-refractivity contribution is -0.129. The lowest BCUT2D eigenvalue weighted by Crippen LogP contribution is -2.44. The normalized spacial score (nSPS) is 30.4. The monoisotopic (exact) mass is 236 g/mol. The molecule has 0 saturated carbocycles. The number of aliphatic hydroxyl groups is 1. The summed E-state index contributed by atoms with van der Waals surface area (Å²) < 4.78 is 5.93. The molecule has 0 bridgehead atoms. The number of hydrogen-bond acceptors (Lipinski definition) is 4. The number of aromatic nitrogens is 1. The van der Waals surface area contributed by atoms with E-state index in [1.807, 2.05) is 27.7 Å². The van der Waals surface area contributed by atoms with Crippen molar-refractivity contribution in [3.63, 3.8) is 0 Å². The highest BCUT2D eigenvalue weighted by Gasteiger charge is 2.58. The smallest absolute Gasteiger partial charge is 0.124 e. The molecular formula is C13H20N2O2. The fourth-order valence-corrected chi connectivity index (χ4v) is 2.81. The summed E-state index contributed by atoms with van der Waals surface area (Å²) in [6.45, 7) is 7.71. The molecule has 2 heterocycles. The van der Waals surface area contributed by atoms with Crippen molar-refractivity contribution in [2.24, 2.45) is 0 Å². The first-order valence-corrected chi connectivity index (χ1v) is 5.80. The maximum absolute atomic E-state index is 11.0. The molecule has 0 radical (unpaired) electrons. The summed E-state index contributed by atoms with van der Waals surface area (Å²) >= 11 is 0. The third-order valence-electron chi connectivity index (χ3n) is 3.51. The molecule has 1 aliphatic rings. The zero-order chi connectivity index (χ0) is 12.9. The third kappa shape index (κ3) is 1.81. The summed E-state index contributed by atoms with van der Waals surface area (Å²) in [4.78, 5) is 4.05. The van der Waals surface area contributed by atoms with Gasteiger partial charge in [0.2, 0.25) is 0 Å². The van der Waals surface area contributed by atoms with Crippen LogP contribution in [-0.4, -0.2) is 21.3 Å². The van der Waals surface area contributed by atoms with E-state index in [1.54, 1.807) is 18.5 Å². The van der Waals surface area contributed by atoms with Gasteiger partial charge < -0.3 is 15.6 Å². The van der Waals surface area contributed by atoms with Crippen LogP contribution in [0.15, 0.2) is 18.5 Å². The Balaban J connectivity index is 2.54. The zero-order valence-corrected chi connectivity index (χ0v) is 10.8. The van der Waals surface area contributed by atoms with Crippen molar-refractivity contribution >= 4 is 5.69 Å². The number of pyridine rings is 1. The highest BCUT2D eigenvalue weighted by Crippen LogP contribution is 2.51. The van der Waals surface area contributed by atoms with Crippen molar-refractivity contribution in [3.8, 4) is 0 Å². The second-order valence-corrected chi connectivity index (χ2v) is 5.87. The van der Waals surface area contributed by atoms with Crippen LogP contribution in [0.2, 0.25) is 0 Å². The van der Waals surface area contributed by atoms with E-state index in [2.05, 4.69) is 4.98 Å². The van der Waals surface area contributed by atoms with Gasteiger partial charge in [-0.15, -0.1) is 0 Å². The van der Waals surface area contributed by atoms with E-state index < -0.39 is 11.2 Å². The van der Waals surface area contributed by atoms with Crippen molar-refractivity contribution in [1.29, 1.82) is 0 Å². The molecule has 0 aromatic carbocycles. The molecule has 94 valence electrons. The quantitative estimate of drug-likeness (QED) is 0.780. The molecule has 1 aromatic rings. The van der Waals surface area contributed by atoms with Gasteiger partial charge >= 0.3 is 0 Å². The van der Waals surface area contributed by atoms with E-state index in [9.17, 15) is 5.11 Å². The predicted molar refractivity (Wildman–Crippen MR) is 66.4 cm³/mol. The van der Waals surface area contributed by atoms with Crippen LogP contribution < -0.4 is 5.73 Å². The van der Waals surface area contributed by atoms with Crippen molar-refractivity contribution in [2.45, 2.75) is 50.9 Å². The van der Waals surface area contributed by atoms with Crippen molar-refractivity contribution < 1.29 is 9.84 Å². The Kier molecular flexibility index (Phi) is 2.49. The van der Waals surface area contributed by atoms with E-state index >= 15 is 0 Å². The Bertz CT molecular complexity index is 443. The first kappa shape index (κ1) is 12.3. The number of rotatable bonds is 1. The lowest BCUT2D eigenvalue weighted by atomic mass is 9.77. The highest BCUT2D eigenvalue weighted by molar-refractivity contribution is 5.49. The van der Waals surface area contributed by atoms with E-state index in [-0.39, 0.29) is 5.60 Å². The Labute approximate surface area is 102 Å². The topological polar surface area (TPSA) is 68.4 Å². The SMILES string of the molecule is CC1(C)CC(O)(c2cnccc2N)C(C)(C)O1. The second kappa shape index (κ2) is 3.43. The van der Waals surface area contributed by atoms with Crippen molar-refractivity contribution in [1.82, 2.24) is 4.98 Å². The number of hydrogen-bond donors (Lipinski definition) is 2. The lowest BCUT2D eigenvalue weighted by Gasteiger charge is -2.35. The summed E-state index contributed by atoms with van der Waals surface area (Å²) in [5.41, 5.74) is 4.98. The maximum Gasteiger partial charge on any atom is 0.124 e. The summed E-state index contributed by atoms with van der Waals surface area (Å²) in [5, 5.41) is 11.0. The van der Waals surface area contributed by atoms with Crippen LogP contribution in [0.4, 0.5) is 5.69 Å². The largest absolute Gasteiger partial charge is 0.398 e. The standard InChI is InChI=1S/C13H20N2O2/c1-11(2)8-13(16,12(3,4)17-11)9-7-15-6-5-10(9)14/h5-7,16H,8H2,1-4H3,(H2,14,15). The van der Waals surface area contributed by atoms with Crippen molar-refractivity contribution in [2.75, 3.05) is 5.73 Å². The molecule has 4 heteroatoms. The van der Waals surface area contributed by atoms with Gasteiger partial charge in [0.25, 0.3) is 0 Å². The molecule has 0 aliphatic carbocycles. The van der Waals surface area contributed by atoms with E-state index in [0.717, 1.165) is 0 Å².